The topological polar surface area (TPSA) is 100 Å². The number of rotatable bonds is 11. The molecule has 1 atom stereocenters. The Morgan fingerprint density at radius 3 is 2.53 bits per heavy atom. The third-order valence-corrected chi connectivity index (χ3v) is 5.17. The van der Waals surface area contributed by atoms with Crippen molar-refractivity contribution in [3.05, 3.63) is 71.9 Å². The number of carbonyl (C=O) groups excluding carboxylic acids is 3. The van der Waals surface area contributed by atoms with Crippen LogP contribution in [0.4, 0.5) is 0 Å². The van der Waals surface area contributed by atoms with Gasteiger partial charge in [0.2, 0.25) is 11.8 Å². The van der Waals surface area contributed by atoms with E-state index in [-0.39, 0.29) is 31.3 Å². The van der Waals surface area contributed by atoms with Crippen molar-refractivity contribution in [3.8, 4) is 0 Å². The predicted octanol–water partition coefficient (Wildman–Crippen LogP) is 2.90. The third kappa shape index (κ3) is 6.70. The molecule has 1 heterocycles. The molecule has 0 aliphatic rings. The Labute approximate surface area is 187 Å². The van der Waals surface area contributed by atoms with Crippen molar-refractivity contribution in [1.29, 1.82) is 0 Å². The van der Waals surface area contributed by atoms with Crippen LogP contribution in [0.1, 0.15) is 30.9 Å². The maximum absolute atomic E-state index is 12.9. The Morgan fingerprint density at radius 1 is 1.00 bits per heavy atom. The second-order valence-electron chi connectivity index (χ2n) is 7.52. The fraction of sp³-hybridized carbons (Fsp3) is 0.320. The molecule has 0 fully saturated rings. The van der Waals surface area contributed by atoms with Gasteiger partial charge in [-0.2, -0.15) is 0 Å². The van der Waals surface area contributed by atoms with E-state index >= 15 is 0 Å². The predicted molar refractivity (Wildman–Crippen MR) is 123 cm³/mol. The first kappa shape index (κ1) is 23.1. The van der Waals surface area contributed by atoms with Crippen molar-refractivity contribution in [2.45, 2.75) is 38.6 Å². The number of H-pyrrole nitrogens is 1. The fourth-order valence-electron chi connectivity index (χ4n) is 3.54. The molecule has 3 rings (SSSR count). The molecule has 1 unspecified atom stereocenters. The third-order valence-electron chi connectivity index (χ3n) is 5.17. The van der Waals surface area contributed by atoms with Gasteiger partial charge >= 0.3 is 5.97 Å². The SMILES string of the molecule is CCOC(=O)CCC(=O)NC(Cc1c[nH]c2ccccc12)C(=O)NCCc1ccccc1. The number of fused-ring (bicyclic) bond motifs is 1. The van der Waals surface area contributed by atoms with Crippen LogP contribution in [0, 0.1) is 0 Å². The minimum absolute atomic E-state index is 0.0187. The van der Waals surface area contributed by atoms with Crippen molar-refractivity contribution in [2.75, 3.05) is 13.2 Å². The highest BCUT2D eigenvalue weighted by Crippen LogP contribution is 2.19. The number of aromatic nitrogens is 1. The van der Waals surface area contributed by atoms with E-state index in [1.165, 1.54) is 0 Å². The van der Waals surface area contributed by atoms with E-state index in [0.717, 1.165) is 22.0 Å². The maximum atomic E-state index is 12.9. The Kier molecular flexibility index (Phi) is 8.43. The van der Waals surface area contributed by atoms with E-state index in [0.29, 0.717) is 19.4 Å². The monoisotopic (exact) mass is 435 g/mol. The van der Waals surface area contributed by atoms with Crippen LogP contribution < -0.4 is 10.6 Å². The summed E-state index contributed by atoms with van der Waals surface area (Å²) in [6, 6.07) is 17.0. The van der Waals surface area contributed by atoms with E-state index in [1.807, 2.05) is 60.8 Å². The highest BCUT2D eigenvalue weighted by atomic mass is 16.5. The van der Waals surface area contributed by atoms with Crippen molar-refractivity contribution in [3.63, 3.8) is 0 Å². The van der Waals surface area contributed by atoms with Crippen molar-refractivity contribution < 1.29 is 19.1 Å². The largest absolute Gasteiger partial charge is 0.466 e. The first-order valence-electron chi connectivity index (χ1n) is 10.9. The van der Waals surface area contributed by atoms with Crippen LogP contribution in [-0.4, -0.2) is 42.0 Å². The summed E-state index contributed by atoms with van der Waals surface area (Å²) in [7, 11) is 0. The minimum atomic E-state index is -0.750. The number of benzene rings is 2. The number of hydrogen-bond donors (Lipinski definition) is 3. The Bertz CT molecular complexity index is 1050. The van der Waals surface area contributed by atoms with Gasteiger partial charge in [0.1, 0.15) is 6.04 Å². The lowest BCUT2D eigenvalue weighted by Crippen LogP contribution is -2.48. The summed E-state index contributed by atoms with van der Waals surface area (Å²) in [4.78, 5) is 40.2. The second-order valence-corrected chi connectivity index (χ2v) is 7.52. The van der Waals surface area contributed by atoms with Gasteiger partial charge in [-0.15, -0.1) is 0 Å². The van der Waals surface area contributed by atoms with Crippen LogP contribution in [0.25, 0.3) is 10.9 Å². The highest BCUT2D eigenvalue weighted by Gasteiger charge is 2.23. The van der Waals surface area contributed by atoms with Crippen LogP contribution >= 0.6 is 0 Å². The molecule has 7 heteroatoms. The first-order chi connectivity index (χ1) is 15.6. The number of amides is 2. The molecule has 1 aromatic heterocycles. The number of ether oxygens (including phenoxy) is 1. The number of aromatic amines is 1. The van der Waals surface area contributed by atoms with E-state index < -0.39 is 12.0 Å². The quantitative estimate of drug-likeness (QED) is 0.403. The smallest absolute Gasteiger partial charge is 0.306 e. The molecule has 0 saturated carbocycles. The molecule has 0 bridgehead atoms. The van der Waals surface area contributed by atoms with Crippen LogP contribution in [0.15, 0.2) is 60.8 Å². The molecule has 3 aromatic rings. The maximum Gasteiger partial charge on any atom is 0.306 e. The Morgan fingerprint density at radius 2 is 1.75 bits per heavy atom. The molecule has 32 heavy (non-hydrogen) atoms. The lowest BCUT2D eigenvalue weighted by Gasteiger charge is -2.18. The standard InChI is InChI=1S/C25H29N3O4/c1-2-32-24(30)13-12-23(29)28-22(16-19-17-27-21-11-7-6-10-20(19)21)25(31)26-15-14-18-8-4-3-5-9-18/h3-11,17,22,27H,2,12-16H2,1H3,(H,26,31)(H,28,29). The van der Waals surface area contributed by atoms with E-state index in [1.54, 1.807) is 6.92 Å². The Hall–Kier alpha value is -3.61. The molecular weight excluding hydrogens is 406 g/mol. The number of nitrogens with one attached hydrogen (secondary N) is 3. The van der Waals surface area contributed by atoms with E-state index in [9.17, 15) is 14.4 Å². The van der Waals surface area contributed by atoms with Gasteiger partial charge in [0.25, 0.3) is 0 Å². The van der Waals surface area contributed by atoms with Crippen molar-refractivity contribution in [1.82, 2.24) is 15.6 Å². The number of carbonyl (C=O) groups is 3. The molecule has 7 nitrogen and oxygen atoms in total. The van der Waals surface area contributed by atoms with E-state index in [4.69, 9.17) is 4.74 Å². The van der Waals surface area contributed by atoms with E-state index in [2.05, 4.69) is 15.6 Å². The zero-order valence-corrected chi connectivity index (χ0v) is 18.2. The van der Waals surface area contributed by atoms with Crippen LogP contribution in [0.3, 0.4) is 0 Å². The summed E-state index contributed by atoms with van der Waals surface area (Å²) < 4.78 is 4.87. The zero-order valence-electron chi connectivity index (χ0n) is 18.2. The molecule has 168 valence electrons. The van der Waals surface area contributed by atoms with Gasteiger partial charge in [0.15, 0.2) is 0 Å². The molecule has 0 saturated heterocycles. The lowest BCUT2D eigenvalue weighted by atomic mass is 10.0. The van der Waals surface area contributed by atoms with Gasteiger partial charge < -0.3 is 20.4 Å². The molecule has 2 amide bonds. The lowest BCUT2D eigenvalue weighted by molar-refractivity contribution is -0.144. The van der Waals surface area contributed by atoms with Gasteiger partial charge in [-0.1, -0.05) is 48.5 Å². The van der Waals surface area contributed by atoms with Gasteiger partial charge in [-0.25, -0.2) is 0 Å². The average Bonchev–Trinajstić information content (AvgIpc) is 3.21. The Balaban J connectivity index is 1.64. The number of esters is 1. The fourth-order valence-corrected chi connectivity index (χ4v) is 3.54. The molecular formula is C25H29N3O4. The van der Waals surface area contributed by atoms with Crippen LogP contribution in [0.2, 0.25) is 0 Å². The second kappa shape index (κ2) is 11.7. The number of para-hydroxylation sites is 1. The summed E-state index contributed by atoms with van der Waals surface area (Å²) in [5.74, 6) is -1.04. The molecule has 0 aliphatic heterocycles. The number of hydrogen-bond acceptors (Lipinski definition) is 4. The summed E-state index contributed by atoms with van der Waals surface area (Å²) in [6.07, 6.45) is 2.85. The minimum Gasteiger partial charge on any atom is -0.466 e. The van der Waals surface area contributed by atoms with Gasteiger partial charge in [-0.3, -0.25) is 14.4 Å². The zero-order chi connectivity index (χ0) is 22.8. The summed E-state index contributed by atoms with van der Waals surface area (Å²) in [5, 5.41) is 6.73. The summed E-state index contributed by atoms with van der Waals surface area (Å²) in [6.45, 7) is 2.45. The highest BCUT2D eigenvalue weighted by molar-refractivity contribution is 5.90. The molecule has 2 aromatic carbocycles. The average molecular weight is 436 g/mol. The van der Waals surface area contributed by atoms with Crippen LogP contribution in [0.5, 0.6) is 0 Å². The summed E-state index contributed by atoms with van der Waals surface area (Å²) in [5.41, 5.74) is 3.04. The van der Waals surface area contributed by atoms with Crippen molar-refractivity contribution in [2.24, 2.45) is 0 Å². The normalized spacial score (nSPS) is 11.7. The summed E-state index contributed by atoms with van der Waals surface area (Å²) >= 11 is 0. The van der Waals surface area contributed by atoms with Crippen LogP contribution in [-0.2, 0) is 32.0 Å². The van der Waals surface area contributed by atoms with Gasteiger partial charge in [0, 0.05) is 36.5 Å². The molecule has 0 aliphatic carbocycles. The van der Waals surface area contributed by atoms with Gasteiger partial charge in [0.05, 0.1) is 13.0 Å². The van der Waals surface area contributed by atoms with Crippen molar-refractivity contribution >= 4 is 28.7 Å². The molecule has 3 N–H and O–H groups in total. The molecule has 0 spiro atoms. The first-order valence-corrected chi connectivity index (χ1v) is 10.9. The molecule has 0 radical (unpaired) electrons. The van der Waals surface area contributed by atoms with Gasteiger partial charge in [-0.05, 0) is 30.5 Å².